The zero-order valence-corrected chi connectivity index (χ0v) is 13.2. The first-order valence-corrected chi connectivity index (χ1v) is 8.14. The van der Waals surface area contributed by atoms with Gasteiger partial charge in [-0.1, -0.05) is 0 Å². The second kappa shape index (κ2) is 6.35. The third kappa shape index (κ3) is 2.85. The number of carbonyl (C=O) groups is 1. The van der Waals surface area contributed by atoms with E-state index in [4.69, 9.17) is 9.47 Å². The molecule has 0 amide bonds. The molecule has 5 nitrogen and oxygen atoms in total. The van der Waals surface area contributed by atoms with Gasteiger partial charge in [0.2, 0.25) is 0 Å². The quantitative estimate of drug-likeness (QED) is 0.680. The summed E-state index contributed by atoms with van der Waals surface area (Å²) in [4.78, 5) is 16.4. The third-order valence-electron chi connectivity index (χ3n) is 4.21. The average Bonchev–Trinajstić information content (AvgIpc) is 2.86. The minimum absolute atomic E-state index is 0.0418. The highest BCUT2D eigenvalue weighted by molar-refractivity contribution is 6.08. The Labute approximate surface area is 140 Å². The Bertz CT molecular complexity index is 800. The molecule has 0 unspecified atom stereocenters. The summed E-state index contributed by atoms with van der Waals surface area (Å²) in [6.07, 6.45) is 6.67. The molecule has 0 aliphatic carbocycles. The fraction of sp³-hybridized carbons (Fsp3) is 0.263. The number of allylic oxidation sites excluding steroid dienone is 1. The summed E-state index contributed by atoms with van der Waals surface area (Å²) in [5, 5.41) is 3.33. The lowest BCUT2D eigenvalue weighted by Gasteiger charge is -2.23. The first-order chi connectivity index (χ1) is 11.8. The van der Waals surface area contributed by atoms with Gasteiger partial charge >= 0.3 is 0 Å². The molecule has 1 aromatic heterocycles. The molecule has 122 valence electrons. The van der Waals surface area contributed by atoms with Crippen LogP contribution in [0.15, 0.2) is 42.7 Å². The largest absolute Gasteiger partial charge is 0.490 e. The van der Waals surface area contributed by atoms with Crippen LogP contribution in [-0.2, 0) is 6.42 Å². The molecule has 1 aromatic carbocycles. The van der Waals surface area contributed by atoms with Crippen molar-refractivity contribution in [3.05, 3.63) is 59.4 Å². The van der Waals surface area contributed by atoms with Crippen molar-refractivity contribution in [1.82, 2.24) is 10.3 Å². The molecule has 2 aromatic rings. The van der Waals surface area contributed by atoms with E-state index in [0.717, 1.165) is 42.1 Å². The molecular weight excluding hydrogens is 304 g/mol. The molecule has 3 heterocycles. The summed E-state index contributed by atoms with van der Waals surface area (Å²) in [5.74, 6) is 1.50. The maximum absolute atomic E-state index is 12.5. The van der Waals surface area contributed by atoms with Crippen LogP contribution in [-0.4, -0.2) is 30.5 Å². The van der Waals surface area contributed by atoms with Crippen LogP contribution in [0.1, 0.15) is 27.9 Å². The summed E-state index contributed by atoms with van der Waals surface area (Å²) in [6.45, 7) is 2.11. The van der Waals surface area contributed by atoms with Crippen molar-refractivity contribution in [2.24, 2.45) is 0 Å². The molecule has 0 saturated heterocycles. The van der Waals surface area contributed by atoms with E-state index in [1.165, 1.54) is 5.56 Å². The van der Waals surface area contributed by atoms with E-state index in [1.54, 1.807) is 30.6 Å². The lowest BCUT2D eigenvalue weighted by atomic mass is 9.96. The van der Waals surface area contributed by atoms with Gasteiger partial charge < -0.3 is 14.8 Å². The van der Waals surface area contributed by atoms with Crippen molar-refractivity contribution in [2.75, 3.05) is 19.8 Å². The van der Waals surface area contributed by atoms with Crippen LogP contribution in [0.2, 0.25) is 0 Å². The van der Waals surface area contributed by atoms with Crippen LogP contribution in [0.4, 0.5) is 0 Å². The number of rotatable bonds is 2. The van der Waals surface area contributed by atoms with Gasteiger partial charge in [-0.3, -0.25) is 9.78 Å². The highest BCUT2D eigenvalue weighted by Gasteiger charge is 2.20. The highest BCUT2D eigenvalue weighted by Crippen LogP contribution is 2.36. The van der Waals surface area contributed by atoms with E-state index in [-0.39, 0.29) is 5.78 Å². The van der Waals surface area contributed by atoms with E-state index in [9.17, 15) is 4.79 Å². The van der Waals surface area contributed by atoms with Crippen LogP contribution < -0.4 is 14.8 Å². The second-order valence-electron chi connectivity index (χ2n) is 5.84. The minimum Gasteiger partial charge on any atom is -0.490 e. The summed E-state index contributed by atoms with van der Waals surface area (Å²) in [7, 11) is 0. The standard InChI is InChI=1S/C19H18N2O3/c22-17(13-2-5-20-6-3-13)12-16-15-11-19-18(23-8-1-9-24-19)10-14(15)4-7-21-16/h2-3,5-6,10-12,21H,1,4,7-9H2/b16-12+. The van der Waals surface area contributed by atoms with E-state index >= 15 is 0 Å². The van der Waals surface area contributed by atoms with Gasteiger partial charge in [-0.2, -0.15) is 0 Å². The molecule has 24 heavy (non-hydrogen) atoms. The van der Waals surface area contributed by atoms with Gasteiger partial charge in [0.15, 0.2) is 17.3 Å². The van der Waals surface area contributed by atoms with Crippen LogP contribution in [0, 0.1) is 0 Å². The predicted octanol–water partition coefficient (Wildman–Crippen LogP) is 2.61. The molecule has 4 rings (SSSR count). The topological polar surface area (TPSA) is 60.5 Å². The van der Waals surface area contributed by atoms with Crippen molar-refractivity contribution < 1.29 is 14.3 Å². The maximum Gasteiger partial charge on any atom is 0.188 e. The molecule has 0 saturated carbocycles. The number of aromatic nitrogens is 1. The molecule has 2 aliphatic rings. The molecule has 2 aliphatic heterocycles. The number of nitrogens with one attached hydrogen (secondary N) is 1. The molecule has 0 atom stereocenters. The minimum atomic E-state index is -0.0418. The van der Waals surface area contributed by atoms with Crippen molar-refractivity contribution in [2.45, 2.75) is 12.8 Å². The first-order valence-electron chi connectivity index (χ1n) is 8.14. The number of fused-ring (bicyclic) bond motifs is 2. The number of nitrogens with zero attached hydrogens (tertiary/aromatic N) is 1. The lowest BCUT2D eigenvalue weighted by molar-refractivity contribution is 0.104. The number of carbonyl (C=O) groups excluding carboxylic acids is 1. The highest BCUT2D eigenvalue weighted by atomic mass is 16.5. The van der Waals surface area contributed by atoms with Crippen LogP contribution in [0.25, 0.3) is 5.70 Å². The number of hydrogen-bond acceptors (Lipinski definition) is 5. The second-order valence-corrected chi connectivity index (χ2v) is 5.84. The zero-order chi connectivity index (χ0) is 16.4. The molecule has 5 heteroatoms. The van der Waals surface area contributed by atoms with E-state index < -0.39 is 0 Å². The Morgan fingerprint density at radius 1 is 1.12 bits per heavy atom. The van der Waals surface area contributed by atoms with Gasteiger partial charge in [0.1, 0.15) is 0 Å². The van der Waals surface area contributed by atoms with E-state index in [2.05, 4.69) is 10.3 Å². The van der Waals surface area contributed by atoms with Crippen molar-refractivity contribution in [1.29, 1.82) is 0 Å². The van der Waals surface area contributed by atoms with Gasteiger partial charge in [-0.15, -0.1) is 0 Å². The molecule has 0 bridgehead atoms. The van der Waals surface area contributed by atoms with Crippen molar-refractivity contribution >= 4 is 11.5 Å². The van der Waals surface area contributed by atoms with Gasteiger partial charge in [-0.25, -0.2) is 0 Å². The molecule has 0 spiro atoms. The summed E-state index contributed by atoms with van der Waals surface area (Å²) in [5.41, 5.74) is 3.63. The van der Waals surface area contributed by atoms with Crippen molar-refractivity contribution in [3.63, 3.8) is 0 Å². The number of pyridine rings is 1. The molecule has 0 radical (unpaired) electrons. The number of ether oxygens (including phenoxy) is 2. The monoisotopic (exact) mass is 322 g/mol. The SMILES string of the molecule is O=C(/C=C1/NCCc2cc3c(cc21)OCCCO3)c1ccncc1. The van der Waals surface area contributed by atoms with Gasteiger partial charge in [0.25, 0.3) is 0 Å². The fourth-order valence-corrected chi connectivity index (χ4v) is 2.99. The predicted molar refractivity (Wildman–Crippen MR) is 90.3 cm³/mol. The molecule has 0 fully saturated rings. The van der Waals surface area contributed by atoms with E-state index in [0.29, 0.717) is 18.8 Å². The fourth-order valence-electron chi connectivity index (χ4n) is 2.99. The Morgan fingerprint density at radius 3 is 2.67 bits per heavy atom. The molecular formula is C19H18N2O3. The smallest absolute Gasteiger partial charge is 0.188 e. The normalized spacial score (nSPS) is 17.6. The number of hydrogen-bond donors (Lipinski definition) is 1. The van der Waals surface area contributed by atoms with Gasteiger partial charge in [0.05, 0.1) is 13.2 Å². The van der Waals surface area contributed by atoms with Crippen LogP contribution >= 0.6 is 0 Å². The Kier molecular flexibility index (Phi) is 3.91. The summed E-state index contributed by atoms with van der Waals surface area (Å²) < 4.78 is 11.5. The Balaban J connectivity index is 1.72. The summed E-state index contributed by atoms with van der Waals surface area (Å²) >= 11 is 0. The molecule has 1 N–H and O–H groups in total. The Morgan fingerprint density at radius 2 is 1.88 bits per heavy atom. The zero-order valence-electron chi connectivity index (χ0n) is 13.2. The van der Waals surface area contributed by atoms with Gasteiger partial charge in [-0.05, 0) is 36.2 Å². The summed E-state index contributed by atoms with van der Waals surface area (Å²) in [6, 6.07) is 7.46. The van der Waals surface area contributed by atoms with Crippen LogP contribution in [0.3, 0.4) is 0 Å². The van der Waals surface area contributed by atoms with Crippen LogP contribution in [0.5, 0.6) is 11.5 Å². The lowest BCUT2D eigenvalue weighted by Crippen LogP contribution is -2.23. The van der Waals surface area contributed by atoms with Crippen molar-refractivity contribution in [3.8, 4) is 11.5 Å². The third-order valence-corrected chi connectivity index (χ3v) is 4.21. The average molecular weight is 322 g/mol. The maximum atomic E-state index is 12.5. The Hall–Kier alpha value is -2.82. The van der Waals surface area contributed by atoms with Gasteiger partial charge in [0, 0.05) is 48.3 Å². The van der Waals surface area contributed by atoms with E-state index in [1.807, 2.05) is 12.1 Å². The number of ketones is 1. The first kappa shape index (κ1) is 14.8. The number of benzene rings is 1.